The molecule has 1 amide bonds. The number of carboxylic acid groups (broad SMARTS) is 1. The van der Waals surface area contributed by atoms with E-state index in [-0.39, 0.29) is 26.1 Å². The lowest BCUT2D eigenvalue weighted by Gasteiger charge is -2.20. The highest BCUT2D eigenvalue weighted by molar-refractivity contribution is 6.32. The van der Waals surface area contributed by atoms with Crippen LogP contribution in [0.3, 0.4) is 0 Å². The third-order valence-electron chi connectivity index (χ3n) is 5.24. The zero-order valence-corrected chi connectivity index (χ0v) is 20.1. The van der Waals surface area contributed by atoms with Crippen LogP contribution in [-0.2, 0) is 25.5 Å². The molecule has 0 bridgehead atoms. The van der Waals surface area contributed by atoms with Crippen molar-refractivity contribution < 1.29 is 34.1 Å². The number of hydrogen-bond acceptors (Lipinski definition) is 6. The van der Waals surface area contributed by atoms with Crippen molar-refractivity contribution in [1.29, 1.82) is 0 Å². The van der Waals surface area contributed by atoms with Crippen molar-refractivity contribution in [3.05, 3.63) is 89.4 Å². The normalized spacial score (nSPS) is 12.3. The molecule has 0 aliphatic rings. The zero-order valence-electron chi connectivity index (χ0n) is 19.3. The monoisotopic (exact) mass is 511 g/mol. The fourth-order valence-electron chi connectivity index (χ4n) is 3.47. The number of halogens is 1. The summed E-state index contributed by atoms with van der Waals surface area (Å²) in [6, 6.07) is 22.9. The Bertz CT molecular complexity index is 1170. The number of esters is 1. The second-order valence-electron chi connectivity index (χ2n) is 7.97. The lowest BCUT2D eigenvalue weighted by Crippen LogP contribution is -2.44. The van der Waals surface area contributed by atoms with E-state index in [1.807, 2.05) is 48.5 Å². The maximum atomic E-state index is 12.4. The van der Waals surface area contributed by atoms with Crippen LogP contribution >= 0.6 is 11.6 Å². The number of carbonyl (C=O) groups is 3. The molecule has 0 spiro atoms. The molecule has 9 heteroatoms. The van der Waals surface area contributed by atoms with E-state index in [2.05, 4.69) is 5.32 Å². The minimum Gasteiger partial charge on any atom is -0.490 e. The molecule has 0 saturated heterocycles. The summed E-state index contributed by atoms with van der Waals surface area (Å²) in [7, 11) is 0. The molecule has 0 fully saturated rings. The fraction of sp³-hybridized carbons (Fsp3) is 0.222. The summed E-state index contributed by atoms with van der Waals surface area (Å²) in [5.74, 6) is -2.99. The molecular weight excluding hydrogens is 486 g/mol. The van der Waals surface area contributed by atoms with E-state index < -0.39 is 30.0 Å². The molecule has 3 N–H and O–H groups in total. The van der Waals surface area contributed by atoms with E-state index in [1.165, 1.54) is 0 Å². The van der Waals surface area contributed by atoms with Crippen molar-refractivity contribution in [2.75, 3.05) is 13.2 Å². The van der Waals surface area contributed by atoms with Crippen LogP contribution in [0.1, 0.15) is 12.0 Å². The predicted octanol–water partition coefficient (Wildman–Crippen LogP) is 3.49. The van der Waals surface area contributed by atoms with Gasteiger partial charge in [0.05, 0.1) is 0 Å². The molecule has 0 aliphatic carbocycles. The van der Waals surface area contributed by atoms with Gasteiger partial charge in [0.15, 0.2) is 6.10 Å². The molecule has 0 aliphatic heterocycles. The topological polar surface area (TPSA) is 122 Å². The number of aliphatic hydroxyl groups excluding tert-OH is 1. The summed E-state index contributed by atoms with van der Waals surface area (Å²) >= 11 is 6.05. The quantitative estimate of drug-likeness (QED) is 0.204. The van der Waals surface area contributed by atoms with Crippen molar-refractivity contribution >= 4 is 29.4 Å². The molecule has 188 valence electrons. The first-order valence-corrected chi connectivity index (χ1v) is 11.6. The second kappa shape index (κ2) is 13.3. The Balaban J connectivity index is 1.57. The third kappa shape index (κ3) is 8.41. The number of amides is 1. The van der Waals surface area contributed by atoms with E-state index in [1.54, 1.807) is 30.3 Å². The van der Waals surface area contributed by atoms with Gasteiger partial charge in [-0.1, -0.05) is 66.2 Å². The van der Waals surface area contributed by atoms with Gasteiger partial charge in [0.1, 0.15) is 19.0 Å². The summed E-state index contributed by atoms with van der Waals surface area (Å²) in [4.78, 5) is 35.6. The molecular formula is C27H26ClNO7. The van der Waals surface area contributed by atoms with Crippen LogP contribution in [0.4, 0.5) is 0 Å². The SMILES string of the molecule is O=C(N[C@H](Cc1ccc(-c2cccc(Cl)c2)cc1)C[C@@H](O)C(=O)O)C(=O)OCCOc1ccccc1. The highest BCUT2D eigenvalue weighted by Gasteiger charge is 2.25. The smallest absolute Gasteiger partial charge is 0.396 e. The van der Waals surface area contributed by atoms with Gasteiger partial charge in [-0.25, -0.2) is 9.59 Å². The number of para-hydroxylation sites is 1. The molecule has 0 aromatic heterocycles. The Labute approximate surface area is 213 Å². The number of aliphatic hydroxyl groups is 1. The Morgan fingerprint density at radius 2 is 1.61 bits per heavy atom. The van der Waals surface area contributed by atoms with Gasteiger partial charge in [-0.2, -0.15) is 0 Å². The number of benzene rings is 3. The van der Waals surface area contributed by atoms with Gasteiger partial charge in [-0.05, 0) is 47.4 Å². The van der Waals surface area contributed by atoms with Crippen molar-refractivity contribution in [3.63, 3.8) is 0 Å². The number of nitrogens with one attached hydrogen (secondary N) is 1. The van der Waals surface area contributed by atoms with Crippen LogP contribution < -0.4 is 10.1 Å². The van der Waals surface area contributed by atoms with Crippen LogP contribution in [0.25, 0.3) is 11.1 Å². The van der Waals surface area contributed by atoms with Gasteiger partial charge < -0.3 is 25.0 Å². The largest absolute Gasteiger partial charge is 0.490 e. The third-order valence-corrected chi connectivity index (χ3v) is 5.47. The number of rotatable bonds is 11. The average molecular weight is 512 g/mol. The number of ether oxygens (including phenoxy) is 2. The molecule has 3 aromatic rings. The predicted molar refractivity (Wildman–Crippen MR) is 134 cm³/mol. The summed E-state index contributed by atoms with van der Waals surface area (Å²) in [6.07, 6.45) is -1.81. The Morgan fingerprint density at radius 1 is 0.889 bits per heavy atom. The van der Waals surface area contributed by atoms with Gasteiger partial charge >= 0.3 is 17.8 Å². The number of carbonyl (C=O) groups excluding carboxylic acids is 2. The highest BCUT2D eigenvalue weighted by atomic mass is 35.5. The molecule has 8 nitrogen and oxygen atoms in total. The van der Waals surface area contributed by atoms with Crippen molar-refractivity contribution in [3.8, 4) is 16.9 Å². The first-order valence-electron chi connectivity index (χ1n) is 11.2. The maximum Gasteiger partial charge on any atom is 0.396 e. The Hall–Kier alpha value is -3.88. The van der Waals surface area contributed by atoms with E-state index >= 15 is 0 Å². The van der Waals surface area contributed by atoms with E-state index in [9.17, 15) is 19.5 Å². The zero-order chi connectivity index (χ0) is 25.9. The molecule has 0 unspecified atom stereocenters. The van der Waals surface area contributed by atoms with Crippen LogP contribution in [0.15, 0.2) is 78.9 Å². The summed E-state index contributed by atoms with van der Waals surface area (Å²) < 4.78 is 10.3. The van der Waals surface area contributed by atoms with E-state index in [0.717, 1.165) is 16.7 Å². The Morgan fingerprint density at radius 3 is 2.28 bits per heavy atom. The summed E-state index contributed by atoms with van der Waals surface area (Å²) in [5.41, 5.74) is 2.63. The standard InChI is InChI=1S/C27H26ClNO7/c28-21-6-4-5-20(16-21)19-11-9-18(10-12-19)15-22(17-24(30)26(32)33)29-25(31)27(34)36-14-13-35-23-7-2-1-3-8-23/h1-12,16,22,24,30H,13-15,17H2,(H,29,31)(H,32,33)/t22-,24-/m1/s1. The van der Waals surface area contributed by atoms with Crippen molar-refractivity contribution in [1.82, 2.24) is 5.32 Å². The number of hydrogen-bond donors (Lipinski definition) is 3. The van der Waals surface area contributed by atoms with Crippen LogP contribution in [0, 0.1) is 0 Å². The molecule has 0 saturated carbocycles. The van der Waals surface area contributed by atoms with Crippen molar-refractivity contribution in [2.24, 2.45) is 0 Å². The maximum absolute atomic E-state index is 12.4. The van der Waals surface area contributed by atoms with Gasteiger partial charge in [0, 0.05) is 17.5 Å². The Kier molecular flexibility index (Phi) is 9.85. The van der Waals surface area contributed by atoms with Crippen molar-refractivity contribution in [2.45, 2.75) is 25.0 Å². The molecule has 3 rings (SSSR count). The van der Waals surface area contributed by atoms with Crippen LogP contribution in [0.5, 0.6) is 5.75 Å². The second-order valence-corrected chi connectivity index (χ2v) is 8.41. The fourth-order valence-corrected chi connectivity index (χ4v) is 3.66. The van der Waals surface area contributed by atoms with Crippen LogP contribution in [0.2, 0.25) is 5.02 Å². The average Bonchev–Trinajstić information content (AvgIpc) is 2.87. The van der Waals surface area contributed by atoms with Gasteiger partial charge in [0.2, 0.25) is 0 Å². The molecule has 0 heterocycles. The minimum absolute atomic E-state index is 0.0587. The lowest BCUT2D eigenvalue weighted by atomic mass is 9.98. The molecule has 36 heavy (non-hydrogen) atoms. The number of carboxylic acids is 1. The van der Waals surface area contributed by atoms with Crippen LogP contribution in [-0.4, -0.2) is 53.4 Å². The highest BCUT2D eigenvalue weighted by Crippen LogP contribution is 2.23. The molecule has 2 atom stereocenters. The van der Waals surface area contributed by atoms with E-state index in [0.29, 0.717) is 10.8 Å². The van der Waals surface area contributed by atoms with Gasteiger partial charge in [0.25, 0.3) is 0 Å². The first-order chi connectivity index (χ1) is 17.3. The van der Waals surface area contributed by atoms with E-state index in [4.69, 9.17) is 26.2 Å². The van der Waals surface area contributed by atoms with Gasteiger partial charge in [-0.3, -0.25) is 4.79 Å². The summed E-state index contributed by atoms with van der Waals surface area (Å²) in [6.45, 7) is -0.0856. The first kappa shape index (κ1) is 26.7. The summed E-state index contributed by atoms with van der Waals surface area (Å²) in [5, 5.41) is 22.0. The minimum atomic E-state index is -1.71. The molecule has 0 radical (unpaired) electrons. The number of aliphatic carboxylic acids is 1. The molecule has 3 aromatic carbocycles. The van der Waals surface area contributed by atoms with Gasteiger partial charge in [-0.15, -0.1) is 0 Å². The lowest BCUT2D eigenvalue weighted by molar-refractivity contribution is -0.156.